The molecule has 0 bridgehead atoms. The number of aromatic nitrogens is 4. The third-order valence-electron chi connectivity index (χ3n) is 4.33. The number of pyridine rings is 1. The molecule has 0 saturated heterocycles. The van der Waals surface area contributed by atoms with E-state index in [0.717, 1.165) is 28.0 Å². The Labute approximate surface area is 168 Å². The summed E-state index contributed by atoms with van der Waals surface area (Å²) >= 11 is 0.961. The Balaban J connectivity index is 1.87. The Kier molecular flexibility index (Phi) is 4.65. The molecule has 154 valence electrons. The Bertz CT molecular complexity index is 1420. The standard InChI is InChI=1S/C18H11F3N4O4S/c19-18(20,21)9-3-4-11-12(6-9)30-13(23-11)7-24-15-10(2-1-5-22-15)16(28)25(17(24)29)8-14(26)27/h1-6H,7-8H2,(H,26,27). The number of alkyl halides is 3. The van der Waals surface area contributed by atoms with E-state index in [1.54, 1.807) is 0 Å². The molecular formula is C18H11F3N4O4S. The first-order chi connectivity index (χ1) is 14.1. The summed E-state index contributed by atoms with van der Waals surface area (Å²) < 4.78 is 40.7. The lowest BCUT2D eigenvalue weighted by molar-refractivity contribution is -0.138. The molecule has 0 unspecified atom stereocenters. The molecule has 0 spiro atoms. The highest BCUT2D eigenvalue weighted by molar-refractivity contribution is 7.18. The molecule has 1 N–H and O–H groups in total. The maximum atomic E-state index is 12.9. The molecule has 12 heteroatoms. The van der Waals surface area contributed by atoms with Gasteiger partial charge < -0.3 is 5.11 Å². The number of hydrogen-bond donors (Lipinski definition) is 1. The first-order valence-corrected chi connectivity index (χ1v) is 9.23. The molecule has 0 fully saturated rings. The number of rotatable bonds is 4. The SMILES string of the molecule is O=C(O)Cn1c(=O)c2cccnc2n(Cc2nc3ccc(C(F)(F)F)cc3s2)c1=O. The van der Waals surface area contributed by atoms with E-state index in [-0.39, 0.29) is 22.3 Å². The first kappa shape index (κ1) is 19.8. The molecular weight excluding hydrogens is 425 g/mol. The maximum Gasteiger partial charge on any atom is 0.416 e. The topological polar surface area (TPSA) is 107 Å². The van der Waals surface area contributed by atoms with Crippen LogP contribution in [0.1, 0.15) is 10.6 Å². The van der Waals surface area contributed by atoms with Crippen LogP contribution in [-0.2, 0) is 24.1 Å². The first-order valence-electron chi connectivity index (χ1n) is 8.42. The number of nitrogens with zero attached hydrogens (tertiary/aromatic N) is 4. The number of halogens is 3. The van der Waals surface area contributed by atoms with Crippen LogP contribution >= 0.6 is 11.3 Å². The van der Waals surface area contributed by atoms with Crippen LogP contribution < -0.4 is 11.2 Å². The summed E-state index contributed by atoms with van der Waals surface area (Å²) in [5.41, 5.74) is -2.15. The van der Waals surface area contributed by atoms with Gasteiger partial charge >= 0.3 is 17.8 Å². The van der Waals surface area contributed by atoms with E-state index in [1.165, 1.54) is 24.4 Å². The van der Waals surface area contributed by atoms with Gasteiger partial charge in [0.05, 0.1) is 27.7 Å². The number of hydrogen-bond acceptors (Lipinski definition) is 6. The molecule has 8 nitrogen and oxygen atoms in total. The largest absolute Gasteiger partial charge is 0.480 e. The summed E-state index contributed by atoms with van der Waals surface area (Å²) in [4.78, 5) is 44.7. The summed E-state index contributed by atoms with van der Waals surface area (Å²) in [6, 6.07) is 6.01. The number of fused-ring (bicyclic) bond motifs is 2. The molecule has 4 rings (SSSR count). The van der Waals surface area contributed by atoms with E-state index in [0.29, 0.717) is 15.1 Å². The van der Waals surface area contributed by atoms with Crippen LogP contribution in [0.5, 0.6) is 0 Å². The second-order valence-electron chi connectivity index (χ2n) is 6.32. The predicted molar refractivity (Wildman–Crippen MR) is 102 cm³/mol. The highest BCUT2D eigenvalue weighted by Crippen LogP contribution is 2.33. The molecule has 3 heterocycles. The zero-order valence-electron chi connectivity index (χ0n) is 14.9. The zero-order valence-corrected chi connectivity index (χ0v) is 15.7. The van der Waals surface area contributed by atoms with E-state index in [4.69, 9.17) is 5.11 Å². The summed E-state index contributed by atoms with van der Waals surface area (Å²) in [6.07, 6.45) is -3.13. The van der Waals surface area contributed by atoms with Gasteiger partial charge in [0.1, 0.15) is 17.2 Å². The number of carboxylic acids is 1. The van der Waals surface area contributed by atoms with Gasteiger partial charge in [-0.1, -0.05) is 0 Å². The van der Waals surface area contributed by atoms with Crippen LogP contribution in [0, 0.1) is 0 Å². The fourth-order valence-electron chi connectivity index (χ4n) is 3.02. The number of carbonyl (C=O) groups is 1. The Morgan fingerprint density at radius 3 is 2.63 bits per heavy atom. The minimum atomic E-state index is -4.50. The van der Waals surface area contributed by atoms with E-state index in [2.05, 4.69) is 9.97 Å². The maximum absolute atomic E-state index is 12.9. The van der Waals surface area contributed by atoms with Crippen LogP contribution in [0.2, 0.25) is 0 Å². The van der Waals surface area contributed by atoms with Gasteiger partial charge in [0.2, 0.25) is 0 Å². The Morgan fingerprint density at radius 2 is 1.93 bits per heavy atom. The Hall–Kier alpha value is -3.54. The minimum absolute atomic E-state index is 0.0318. The number of carboxylic acid groups (broad SMARTS) is 1. The highest BCUT2D eigenvalue weighted by atomic mass is 32.1. The summed E-state index contributed by atoms with van der Waals surface area (Å²) in [6.45, 7) is -1.02. The fourth-order valence-corrected chi connectivity index (χ4v) is 4.01. The van der Waals surface area contributed by atoms with E-state index in [9.17, 15) is 27.6 Å². The van der Waals surface area contributed by atoms with Gasteiger partial charge in [-0.2, -0.15) is 13.2 Å². The lowest BCUT2D eigenvalue weighted by Crippen LogP contribution is -2.42. The van der Waals surface area contributed by atoms with Crippen molar-refractivity contribution < 1.29 is 23.1 Å². The van der Waals surface area contributed by atoms with Crippen LogP contribution in [0.15, 0.2) is 46.1 Å². The van der Waals surface area contributed by atoms with Crippen LogP contribution in [0.3, 0.4) is 0 Å². The molecule has 0 aliphatic carbocycles. The molecule has 3 aromatic heterocycles. The van der Waals surface area contributed by atoms with Crippen molar-refractivity contribution in [3.05, 3.63) is 67.9 Å². The quantitative estimate of drug-likeness (QED) is 0.526. The minimum Gasteiger partial charge on any atom is -0.480 e. The third kappa shape index (κ3) is 3.45. The van der Waals surface area contributed by atoms with Gasteiger partial charge in [-0.25, -0.2) is 19.3 Å². The zero-order chi connectivity index (χ0) is 21.6. The van der Waals surface area contributed by atoms with Gasteiger partial charge in [-0.05, 0) is 30.3 Å². The predicted octanol–water partition coefficient (Wildman–Crippen LogP) is 2.32. The van der Waals surface area contributed by atoms with E-state index < -0.39 is 35.5 Å². The number of benzene rings is 1. The van der Waals surface area contributed by atoms with Gasteiger partial charge in [0.15, 0.2) is 0 Å². The number of thiazole rings is 1. The molecule has 0 aliphatic rings. The monoisotopic (exact) mass is 436 g/mol. The van der Waals surface area contributed by atoms with Gasteiger partial charge in [-0.3, -0.25) is 14.2 Å². The van der Waals surface area contributed by atoms with Crippen molar-refractivity contribution in [3.8, 4) is 0 Å². The van der Waals surface area contributed by atoms with Crippen molar-refractivity contribution in [2.75, 3.05) is 0 Å². The smallest absolute Gasteiger partial charge is 0.416 e. The molecule has 0 aliphatic heterocycles. The van der Waals surface area contributed by atoms with Gasteiger partial charge in [0, 0.05) is 6.20 Å². The Morgan fingerprint density at radius 1 is 1.17 bits per heavy atom. The lowest BCUT2D eigenvalue weighted by atomic mass is 10.2. The van der Waals surface area contributed by atoms with Crippen molar-refractivity contribution in [1.29, 1.82) is 0 Å². The van der Waals surface area contributed by atoms with Crippen LogP contribution in [0.4, 0.5) is 13.2 Å². The molecule has 0 amide bonds. The van der Waals surface area contributed by atoms with Gasteiger partial charge in [0.25, 0.3) is 5.56 Å². The second-order valence-corrected chi connectivity index (χ2v) is 7.43. The molecule has 1 aromatic carbocycles. The van der Waals surface area contributed by atoms with Crippen molar-refractivity contribution in [2.24, 2.45) is 0 Å². The van der Waals surface area contributed by atoms with E-state index >= 15 is 0 Å². The second kappa shape index (κ2) is 7.06. The average molecular weight is 436 g/mol. The van der Waals surface area contributed by atoms with Crippen LogP contribution in [-0.4, -0.2) is 30.2 Å². The van der Waals surface area contributed by atoms with E-state index in [1.807, 2.05) is 0 Å². The summed E-state index contributed by atoms with van der Waals surface area (Å²) in [5.74, 6) is -1.37. The summed E-state index contributed by atoms with van der Waals surface area (Å²) in [7, 11) is 0. The third-order valence-corrected chi connectivity index (χ3v) is 5.33. The molecule has 30 heavy (non-hydrogen) atoms. The van der Waals surface area contributed by atoms with Crippen molar-refractivity contribution in [2.45, 2.75) is 19.3 Å². The fraction of sp³-hybridized carbons (Fsp3) is 0.167. The average Bonchev–Trinajstić information content (AvgIpc) is 3.09. The molecule has 0 radical (unpaired) electrons. The van der Waals surface area contributed by atoms with Crippen molar-refractivity contribution in [3.63, 3.8) is 0 Å². The number of aliphatic carboxylic acids is 1. The summed E-state index contributed by atoms with van der Waals surface area (Å²) in [5, 5.41) is 9.37. The van der Waals surface area contributed by atoms with Gasteiger partial charge in [-0.15, -0.1) is 11.3 Å². The lowest BCUT2D eigenvalue weighted by Gasteiger charge is -2.11. The van der Waals surface area contributed by atoms with Crippen LogP contribution in [0.25, 0.3) is 21.3 Å². The normalized spacial score (nSPS) is 12.0. The molecule has 0 atom stereocenters. The van der Waals surface area contributed by atoms with Crippen molar-refractivity contribution in [1.82, 2.24) is 19.1 Å². The molecule has 0 saturated carbocycles. The highest BCUT2D eigenvalue weighted by Gasteiger charge is 2.30. The molecule has 4 aromatic rings. The van der Waals surface area contributed by atoms with Crippen molar-refractivity contribution >= 4 is 38.6 Å².